The second-order valence-corrected chi connectivity index (χ2v) is 6.99. The molecule has 154 valence electrons. The van der Waals surface area contributed by atoms with E-state index in [0.29, 0.717) is 6.54 Å². The Balaban J connectivity index is 1.51. The van der Waals surface area contributed by atoms with Gasteiger partial charge in [-0.15, -0.1) is 0 Å². The van der Waals surface area contributed by atoms with Crippen molar-refractivity contribution < 1.29 is 9.59 Å². The molecule has 1 aromatic heterocycles. The Kier molecular flexibility index (Phi) is 7.55. The minimum atomic E-state index is -0.337. The Hall–Kier alpha value is -3.67. The molecule has 6 heteroatoms. The maximum atomic E-state index is 12.5. The minimum absolute atomic E-state index is 0.152. The van der Waals surface area contributed by atoms with Gasteiger partial charge in [0.15, 0.2) is 0 Å². The van der Waals surface area contributed by atoms with Gasteiger partial charge in [-0.1, -0.05) is 66.7 Å². The monoisotopic (exact) mass is 402 g/mol. The second kappa shape index (κ2) is 10.8. The highest BCUT2D eigenvalue weighted by molar-refractivity contribution is 5.78. The van der Waals surface area contributed by atoms with Crippen molar-refractivity contribution in [3.8, 4) is 0 Å². The zero-order valence-electron chi connectivity index (χ0n) is 17.0. The molecular weight excluding hydrogens is 376 g/mol. The normalized spacial score (nSPS) is 11.4. The molecule has 0 aliphatic carbocycles. The molecule has 0 saturated carbocycles. The molecule has 2 N–H and O–H groups in total. The third-order valence-corrected chi connectivity index (χ3v) is 4.66. The van der Waals surface area contributed by atoms with E-state index in [9.17, 15) is 9.59 Å². The lowest BCUT2D eigenvalue weighted by Gasteiger charge is -2.20. The molecule has 0 radical (unpaired) electrons. The number of urea groups is 1. The summed E-state index contributed by atoms with van der Waals surface area (Å²) >= 11 is 0. The summed E-state index contributed by atoms with van der Waals surface area (Å²) < 4.78 is 0. The average Bonchev–Trinajstić information content (AvgIpc) is 2.79. The third kappa shape index (κ3) is 6.17. The summed E-state index contributed by atoms with van der Waals surface area (Å²) in [5, 5.41) is 5.82. The van der Waals surface area contributed by atoms with E-state index in [4.69, 9.17) is 0 Å². The Bertz CT molecular complexity index is 894. The van der Waals surface area contributed by atoms with Crippen LogP contribution in [0.3, 0.4) is 0 Å². The average molecular weight is 402 g/mol. The molecule has 0 bridgehead atoms. The predicted molar refractivity (Wildman–Crippen MR) is 117 cm³/mol. The SMILES string of the molecule is CN(Cc1ccccc1)C(=O)NCCC(=O)NC(c1ccccc1)c1ccccn1. The smallest absolute Gasteiger partial charge is 0.317 e. The van der Waals surface area contributed by atoms with Gasteiger partial charge in [-0.05, 0) is 23.3 Å². The van der Waals surface area contributed by atoms with Gasteiger partial charge < -0.3 is 15.5 Å². The minimum Gasteiger partial charge on any atom is -0.344 e. The van der Waals surface area contributed by atoms with E-state index in [1.54, 1.807) is 18.1 Å². The first-order chi connectivity index (χ1) is 14.6. The van der Waals surface area contributed by atoms with Gasteiger partial charge in [-0.2, -0.15) is 0 Å². The maximum absolute atomic E-state index is 12.5. The highest BCUT2D eigenvalue weighted by Crippen LogP contribution is 2.19. The Labute approximate surface area is 177 Å². The Morgan fingerprint density at radius 3 is 2.27 bits per heavy atom. The maximum Gasteiger partial charge on any atom is 0.317 e. The van der Waals surface area contributed by atoms with Crippen LogP contribution in [0.1, 0.15) is 29.3 Å². The van der Waals surface area contributed by atoms with Gasteiger partial charge in [0.05, 0.1) is 11.7 Å². The van der Waals surface area contributed by atoms with E-state index in [1.807, 2.05) is 78.9 Å². The number of aromatic nitrogens is 1. The van der Waals surface area contributed by atoms with Gasteiger partial charge in [0.2, 0.25) is 5.91 Å². The number of rotatable bonds is 8. The fraction of sp³-hybridized carbons (Fsp3) is 0.208. The van der Waals surface area contributed by atoms with Crippen molar-refractivity contribution in [3.63, 3.8) is 0 Å². The predicted octanol–water partition coefficient (Wildman–Crippen LogP) is 3.52. The van der Waals surface area contributed by atoms with Crippen LogP contribution in [0, 0.1) is 0 Å². The first kappa shape index (κ1) is 21.0. The van der Waals surface area contributed by atoms with E-state index < -0.39 is 0 Å². The van der Waals surface area contributed by atoms with Crippen LogP contribution in [0.15, 0.2) is 85.1 Å². The van der Waals surface area contributed by atoms with E-state index in [0.717, 1.165) is 16.8 Å². The summed E-state index contributed by atoms with van der Waals surface area (Å²) in [6, 6.07) is 24.6. The molecule has 1 unspecified atom stereocenters. The molecule has 0 aliphatic rings. The molecule has 3 amide bonds. The first-order valence-corrected chi connectivity index (χ1v) is 9.91. The van der Waals surface area contributed by atoms with Crippen molar-refractivity contribution in [1.29, 1.82) is 0 Å². The number of pyridine rings is 1. The molecule has 1 atom stereocenters. The molecule has 6 nitrogen and oxygen atoms in total. The molecular formula is C24H26N4O2. The van der Waals surface area contributed by atoms with Crippen molar-refractivity contribution in [1.82, 2.24) is 20.5 Å². The van der Waals surface area contributed by atoms with Gasteiger partial charge in [0.1, 0.15) is 0 Å². The van der Waals surface area contributed by atoms with Gasteiger partial charge >= 0.3 is 6.03 Å². The summed E-state index contributed by atoms with van der Waals surface area (Å²) in [5.74, 6) is -0.152. The molecule has 0 spiro atoms. The van der Waals surface area contributed by atoms with Crippen LogP contribution in [0.25, 0.3) is 0 Å². The van der Waals surface area contributed by atoms with Crippen LogP contribution in [-0.2, 0) is 11.3 Å². The van der Waals surface area contributed by atoms with Crippen LogP contribution in [0.5, 0.6) is 0 Å². The number of benzene rings is 2. The summed E-state index contributed by atoms with van der Waals surface area (Å²) in [6.45, 7) is 0.766. The summed E-state index contributed by atoms with van der Waals surface area (Å²) in [4.78, 5) is 30.8. The Morgan fingerprint density at radius 2 is 1.60 bits per heavy atom. The molecule has 0 aliphatic heterocycles. The Morgan fingerprint density at radius 1 is 0.933 bits per heavy atom. The standard InChI is InChI=1S/C24H26N4O2/c1-28(18-19-10-4-2-5-11-19)24(30)26-17-15-22(29)27-23(20-12-6-3-7-13-20)21-14-8-9-16-25-21/h2-14,16,23H,15,17-18H2,1H3,(H,26,30)(H,27,29). The highest BCUT2D eigenvalue weighted by Gasteiger charge is 2.18. The number of carbonyl (C=O) groups excluding carboxylic acids is 2. The van der Waals surface area contributed by atoms with Crippen LogP contribution in [-0.4, -0.2) is 35.4 Å². The van der Waals surface area contributed by atoms with Crippen molar-refractivity contribution in [2.45, 2.75) is 19.0 Å². The summed E-state index contributed by atoms with van der Waals surface area (Å²) in [7, 11) is 1.73. The summed E-state index contributed by atoms with van der Waals surface area (Å²) in [6.07, 6.45) is 1.89. The largest absolute Gasteiger partial charge is 0.344 e. The third-order valence-electron chi connectivity index (χ3n) is 4.66. The van der Waals surface area contributed by atoms with Crippen molar-refractivity contribution in [2.75, 3.05) is 13.6 Å². The molecule has 3 rings (SSSR count). The lowest BCUT2D eigenvalue weighted by atomic mass is 10.0. The van der Waals surface area contributed by atoms with Gasteiger partial charge in [-0.3, -0.25) is 9.78 Å². The lowest BCUT2D eigenvalue weighted by Crippen LogP contribution is -2.39. The van der Waals surface area contributed by atoms with Crippen molar-refractivity contribution in [2.24, 2.45) is 0 Å². The molecule has 3 aromatic rings. The van der Waals surface area contributed by atoms with Gasteiger partial charge in [0.25, 0.3) is 0 Å². The van der Waals surface area contributed by atoms with E-state index in [-0.39, 0.29) is 30.9 Å². The number of amides is 3. The number of carbonyl (C=O) groups is 2. The molecule has 0 saturated heterocycles. The van der Waals surface area contributed by atoms with Gasteiger partial charge in [0, 0.05) is 32.8 Å². The fourth-order valence-electron chi connectivity index (χ4n) is 3.10. The zero-order valence-corrected chi connectivity index (χ0v) is 17.0. The topological polar surface area (TPSA) is 74.3 Å². The molecule has 2 aromatic carbocycles. The van der Waals surface area contributed by atoms with Crippen molar-refractivity contribution >= 4 is 11.9 Å². The second-order valence-electron chi connectivity index (χ2n) is 6.99. The first-order valence-electron chi connectivity index (χ1n) is 9.91. The zero-order chi connectivity index (χ0) is 21.2. The fourth-order valence-corrected chi connectivity index (χ4v) is 3.10. The number of hydrogen-bond acceptors (Lipinski definition) is 3. The van der Waals surface area contributed by atoms with Gasteiger partial charge in [-0.25, -0.2) is 4.79 Å². The number of nitrogens with zero attached hydrogens (tertiary/aromatic N) is 2. The molecule has 0 fully saturated rings. The van der Waals surface area contributed by atoms with Crippen LogP contribution < -0.4 is 10.6 Å². The van der Waals surface area contributed by atoms with E-state index in [1.165, 1.54) is 0 Å². The number of nitrogens with one attached hydrogen (secondary N) is 2. The molecule has 30 heavy (non-hydrogen) atoms. The van der Waals surface area contributed by atoms with E-state index >= 15 is 0 Å². The van der Waals surface area contributed by atoms with E-state index in [2.05, 4.69) is 15.6 Å². The van der Waals surface area contributed by atoms with Crippen LogP contribution in [0.4, 0.5) is 4.79 Å². The summed E-state index contributed by atoms with van der Waals surface area (Å²) in [5.41, 5.74) is 2.77. The van der Waals surface area contributed by atoms with Crippen LogP contribution >= 0.6 is 0 Å². The quantitative estimate of drug-likeness (QED) is 0.605. The number of hydrogen-bond donors (Lipinski definition) is 2. The highest BCUT2D eigenvalue weighted by atomic mass is 16.2. The lowest BCUT2D eigenvalue weighted by molar-refractivity contribution is -0.121. The van der Waals surface area contributed by atoms with Crippen LogP contribution in [0.2, 0.25) is 0 Å². The molecule has 1 heterocycles. The van der Waals surface area contributed by atoms with Crippen molar-refractivity contribution in [3.05, 3.63) is 102 Å².